The highest BCUT2D eigenvalue weighted by Crippen LogP contribution is 2.25. The molecule has 0 aliphatic rings. The van der Waals surface area contributed by atoms with Gasteiger partial charge in [-0.05, 0) is 24.6 Å². The van der Waals surface area contributed by atoms with E-state index in [-0.39, 0.29) is 0 Å². The van der Waals surface area contributed by atoms with Crippen molar-refractivity contribution in [1.29, 1.82) is 0 Å². The van der Waals surface area contributed by atoms with Crippen LogP contribution in [0, 0.1) is 0 Å². The minimum Gasteiger partial charge on any atom is -0.384 e. The van der Waals surface area contributed by atoms with Gasteiger partial charge >= 0.3 is 0 Å². The summed E-state index contributed by atoms with van der Waals surface area (Å²) in [6, 6.07) is 5.97. The fourth-order valence-electron chi connectivity index (χ4n) is 2.11. The number of unbranched alkanes of at least 4 members (excludes halogenated alkanes) is 7. The third kappa shape index (κ3) is 7.84. The van der Waals surface area contributed by atoms with Crippen LogP contribution in [-0.4, -0.2) is 6.54 Å². The van der Waals surface area contributed by atoms with Crippen molar-refractivity contribution in [2.24, 2.45) is 0 Å². The molecule has 0 aliphatic heterocycles. The van der Waals surface area contributed by atoms with Crippen molar-refractivity contribution >= 4 is 33.2 Å². The van der Waals surface area contributed by atoms with E-state index in [0.717, 1.165) is 21.7 Å². The van der Waals surface area contributed by atoms with Crippen LogP contribution < -0.4 is 5.32 Å². The van der Waals surface area contributed by atoms with Gasteiger partial charge in [0.15, 0.2) is 0 Å². The Hall–Kier alpha value is -0.210. The minimum atomic E-state index is 0.786. The Morgan fingerprint density at radius 3 is 2.26 bits per heavy atom. The average molecular weight is 347 g/mol. The normalized spacial score (nSPS) is 10.7. The van der Waals surface area contributed by atoms with Crippen molar-refractivity contribution < 1.29 is 0 Å². The van der Waals surface area contributed by atoms with E-state index in [1.165, 1.54) is 51.4 Å². The smallest absolute Gasteiger partial charge is 0.0648 e. The molecule has 0 aromatic heterocycles. The molecule has 19 heavy (non-hydrogen) atoms. The molecular formula is C16H25BrClN. The summed E-state index contributed by atoms with van der Waals surface area (Å²) in [4.78, 5) is 0. The van der Waals surface area contributed by atoms with Crippen LogP contribution in [0.5, 0.6) is 0 Å². The molecule has 0 aliphatic carbocycles. The van der Waals surface area contributed by atoms with Gasteiger partial charge in [0.2, 0.25) is 0 Å². The number of benzene rings is 1. The molecule has 0 heterocycles. The topological polar surface area (TPSA) is 12.0 Å². The highest BCUT2D eigenvalue weighted by Gasteiger charge is 1.99. The first-order valence-corrected chi connectivity index (χ1v) is 8.60. The van der Waals surface area contributed by atoms with Crippen LogP contribution in [0.2, 0.25) is 5.02 Å². The van der Waals surface area contributed by atoms with Gasteiger partial charge in [0.25, 0.3) is 0 Å². The summed E-state index contributed by atoms with van der Waals surface area (Å²) in [5, 5.41) is 4.18. The van der Waals surface area contributed by atoms with Gasteiger partial charge in [-0.2, -0.15) is 0 Å². The molecule has 0 amide bonds. The average Bonchev–Trinajstić information content (AvgIpc) is 2.39. The lowest BCUT2D eigenvalue weighted by Crippen LogP contribution is -2.01. The maximum absolute atomic E-state index is 6.15. The second-order valence-corrected chi connectivity index (χ2v) is 6.35. The van der Waals surface area contributed by atoms with Gasteiger partial charge < -0.3 is 5.32 Å². The molecule has 0 saturated heterocycles. The van der Waals surface area contributed by atoms with E-state index in [2.05, 4.69) is 28.2 Å². The number of rotatable bonds is 10. The molecule has 0 bridgehead atoms. The van der Waals surface area contributed by atoms with Gasteiger partial charge in [0, 0.05) is 11.0 Å². The summed E-state index contributed by atoms with van der Waals surface area (Å²) in [6.45, 7) is 3.27. The zero-order valence-electron chi connectivity index (χ0n) is 11.9. The molecule has 1 rings (SSSR count). The molecule has 1 aromatic carbocycles. The molecule has 1 N–H and O–H groups in total. The lowest BCUT2D eigenvalue weighted by atomic mass is 10.1. The SMILES string of the molecule is CCCCCCCCCCNc1ccc(Br)cc1Cl. The summed E-state index contributed by atoms with van der Waals surface area (Å²) in [7, 11) is 0. The molecule has 0 radical (unpaired) electrons. The highest BCUT2D eigenvalue weighted by molar-refractivity contribution is 9.10. The molecule has 0 atom stereocenters. The Balaban J connectivity index is 2.01. The number of anilines is 1. The van der Waals surface area contributed by atoms with Crippen molar-refractivity contribution in [1.82, 2.24) is 0 Å². The van der Waals surface area contributed by atoms with Crippen LogP contribution in [0.3, 0.4) is 0 Å². The van der Waals surface area contributed by atoms with E-state index < -0.39 is 0 Å². The summed E-state index contributed by atoms with van der Waals surface area (Å²) < 4.78 is 1.02. The lowest BCUT2D eigenvalue weighted by Gasteiger charge is -2.08. The summed E-state index contributed by atoms with van der Waals surface area (Å²) in [5.41, 5.74) is 1.04. The Bertz CT molecular complexity index is 355. The second kappa shape index (κ2) is 10.6. The maximum atomic E-state index is 6.15. The summed E-state index contributed by atoms with van der Waals surface area (Å²) in [5.74, 6) is 0. The predicted molar refractivity (Wildman–Crippen MR) is 90.3 cm³/mol. The predicted octanol–water partition coefficient (Wildman–Crippen LogP) is 6.66. The molecule has 0 saturated carbocycles. The third-order valence-electron chi connectivity index (χ3n) is 3.28. The quantitative estimate of drug-likeness (QED) is 0.467. The van der Waals surface area contributed by atoms with Crippen molar-refractivity contribution in [3.63, 3.8) is 0 Å². The van der Waals surface area contributed by atoms with Crippen LogP contribution in [0.1, 0.15) is 58.3 Å². The van der Waals surface area contributed by atoms with Gasteiger partial charge in [-0.3, -0.25) is 0 Å². The standard InChI is InChI=1S/C16H25BrClN/c1-2-3-4-5-6-7-8-9-12-19-16-11-10-14(17)13-15(16)18/h10-11,13,19H,2-9,12H2,1H3. The fraction of sp³-hybridized carbons (Fsp3) is 0.625. The molecule has 3 heteroatoms. The number of hydrogen-bond donors (Lipinski definition) is 1. The van der Waals surface area contributed by atoms with Gasteiger partial charge in [-0.15, -0.1) is 0 Å². The van der Waals surface area contributed by atoms with E-state index in [1.54, 1.807) is 0 Å². The summed E-state index contributed by atoms with van der Waals surface area (Å²) >= 11 is 9.56. The van der Waals surface area contributed by atoms with Crippen LogP contribution in [0.15, 0.2) is 22.7 Å². The number of nitrogens with one attached hydrogen (secondary N) is 1. The monoisotopic (exact) mass is 345 g/mol. The first-order valence-electron chi connectivity index (χ1n) is 7.43. The summed E-state index contributed by atoms with van der Waals surface area (Å²) in [6.07, 6.45) is 10.8. The molecule has 0 fully saturated rings. The second-order valence-electron chi connectivity index (χ2n) is 5.03. The largest absolute Gasteiger partial charge is 0.384 e. The molecule has 1 nitrogen and oxygen atoms in total. The van der Waals surface area contributed by atoms with Gasteiger partial charge in [-0.1, -0.05) is 79.4 Å². The minimum absolute atomic E-state index is 0.786. The Labute approximate surface area is 131 Å². The Morgan fingerprint density at radius 2 is 1.63 bits per heavy atom. The molecule has 108 valence electrons. The molecular weight excluding hydrogens is 322 g/mol. The van der Waals surface area contributed by atoms with Crippen LogP contribution in [0.4, 0.5) is 5.69 Å². The maximum Gasteiger partial charge on any atom is 0.0648 e. The van der Waals surface area contributed by atoms with Crippen molar-refractivity contribution in [2.75, 3.05) is 11.9 Å². The zero-order chi connectivity index (χ0) is 13.9. The van der Waals surface area contributed by atoms with Gasteiger partial charge in [0.05, 0.1) is 10.7 Å². The van der Waals surface area contributed by atoms with Crippen molar-refractivity contribution in [2.45, 2.75) is 58.3 Å². The van der Waals surface area contributed by atoms with E-state index in [0.29, 0.717) is 0 Å². The molecule has 1 aromatic rings. The third-order valence-corrected chi connectivity index (χ3v) is 4.08. The Kier molecular flexibility index (Phi) is 9.36. The van der Waals surface area contributed by atoms with Crippen LogP contribution in [0.25, 0.3) is 0 Å². The number of halogens is 2. The first kappa shape index (κ1) is 16.8. The van der Waals surface area contributed by atoms with Crippen molar-refractivity contribution in [3.05, 3.63) is 27.7 Å². The van der Waals surface area contributed by atoms with Crippen molar-refractivity contribution in [3.8, 4) is 0 Å². The van der Waals surface area contributed by atoms with Gasteiger partial charge in [-0.25, -0.2) is 0 Å². The highest BCUT2D eigenvalue weighted by atomic mass is 79.9. The van der Waals surface area contributed by atoms with E-state index in [1.807, 2.05) is 18.2 Å². The Morgan fingerprint density at radius 1 is 1.00 bits per heavy atom. The fourth-order valence-corrected chi connectivity index (χ4v) is 2.86. The van der Waals surface area contributed by atoms with Crippen LogP contribution in [-0.2, 0) is 0 Å². The molecule has 0 unspecified atom stereocenters. The molecule has 0 spiro atoms. The van der Waals surface area contributed by atoms with Crippen LogP contribution >= 0.6 is 27.5 Å². The lowest BCUT2D eigenvalue weighted by molar-refractivity contribution is 0.581. The first-order chi connectivity index (χ1) is 9.24. The van der Waals surface area contributed by atoms with E-state index in [9.17, 15) is 0 Å². The van der Waals surface area contributed by atoms with E-state index in [4.69, 9.17) is 11.6 Å². The zero-order valence-corrected chi connectivity index (χ0v) is 14.2. The van der Waals surface area contributed by atoms with Gasteiger partial charge in [0.1, 0.15) is 0 Å². The number of hydrogen-bond acceptors (Lipinski definition) is 1. The van der Waals surface area contributed by atoms with E-state index >= 15 is 0 Å².